The van der Waals surface area contributed by atoms with Crippen LogP contribution in [-0.4, -0.2) is 53.7 Å². The lowest BCUT2D eigenvalue weighted by atomic mass is 10.1. The van der Waals surface area contributed by atoms with E-state index in [-0.39, 0.29) is 6.10 Å². The summed E-state index contributed by atoms with van der Waals surface area (Å²) >= 11 is 0. The van der Waals surface area contributed by atoms with Crippen LogP contribution in [-0.2, 0) is 0 Å². The second kappa shape index (κ2) is 5.61. The maximum atomic E-state index is 10.3. The van der Waals surface area contributed by atoms with Gasteiger partial charge in [0, 0.05) is 25.2 Å². The van der Waals surface area contributed by atoms with Crippen molar-refractivity contribution < 1.29 is 5.11 Å². The number of hydrogen-bond donors (Lipinski definition) is 1. The van der Waals surface area contributed by atoms with Crippen LogP contribution >= 0.6 is 0 Å². The Morgan fingerprint density at radius 3 is 2.68 bits per heavy atom. The summed E-state index contributed by atoms with van der Waals surface area (Å²) in [5.74, 6) is 0. The van der Waals surface area contributed by atoms with E-state index in [4.69, 9.17) is 0 Å². The van der Waals surface area contributed by atoms with Crippen LogP contribution in [0.5, 0.6) is 0 Å². The molecule has 0 spiro atoms. The molecular formula is C16H24N2O. The standard InChI is InChI=1S/C16H24N2O/c1-17-14-7-8-15(17)11-18(10-9-14)12-16(19)13-5-3-2-4-6-13/h2-6,14-16,19H,7-12H2,1H3. The zero-order valence-electron chi connectivity index (χ0n) is 11.7. The Bertz CT molecular complexity index is 408. The Labute approximate surface area is 115 Å². The van der Waals surface area contributed by atoms with Gasteiger partial charge in [-0.3, -0.25) is 9.80 Å². The van der Waals surface area contributed by atoms with Gasteiger partial charge < -0.3 is 5.11 Å². The number of benzene rings is 1. The fourth-order valence-electron chi connectivity index (χ4n) is 3.57. The van der Waals surface area contributed by atoms with E-state index >= 15 is 0 Å². The maximum absolute atomic E-state index is 10.3. The summed E-state index contributed by atoms with van der Waals surface area (Å²) in [5, 5.41) is 10.3. The highest BCUT2D eigenvalue weighted by molar-refractivity contribution is 5.17. The van der Waals surface area contributed by atoms with Crippen LogP contribution < -0.4 is 0 Å². The summed E-state index contributed by atoms with van der Waals surface area (Å²) in [6.45, 7) is 2.99. The van der Waals surface area contributed by atoms with Gasteiger partial charge in [-0.1, -0.05) is 30.3 Å². The number of β-amino-alcohol motifs (C(OH)–C–C–N with tert-alkyl or cyclic N) is 1. The molecule has 3 unspecified atom stereocenters. The molecule has 104 valence electrons. The van der Waals surface area contributed by atoms with E-state index in [2.05, 4.69) is 16.8 Å². The molecule has 2 heterocycles. The minimum atomic E-state index is -0.358. The first-order valence-electron chi connectivity index (χ1n) is 7.41. The molecular weight excluding hydrogens is 236 g/mol. The number of aliphatic hydroxyl groups excluding tert-OH is 1. The van der Waals surface area contributed by atoms with E-state index in [9.17, 15) is 5.11 Å². The lowest BCUT2D eigenvalue weighted by molar-refractivity contribution is 0.107. The Balaban J connectivity index is 1.61. The average molecular weight is 260 g/mol. The highest BCUT2D eigenvalue weighted by Crippen LogP contribution is 2.29. The Morgan fingerprint density at radius 1 is 1.16 bits per heavy atom. The van der Waals surface area contributed by atoms with Crippen LogP contribution in [0.25, 0.3) is 0 Å². The molecule has 2 aliphatic heterocycles. The number of likely N-dealkylation sites (tertiary alicyclic amines) is 1. The predicted molar refractivity (Wildman–Crippen MR) is 77.0 cm³/mol. The van der Waals surface area contributed by atoms with Crippen molar-refractivity contribution in [3.8, 4) is 0 Å². The van der Waals surface area contributed by atoms with Gasteiger partial charge in [0.15, 0.2) is 0 Å². The van der Waals surface area contributed by atoms with E-state index in [1.165, 1.54) is 19.3 Å². The third kappa shape index (κ3) is 2.83. The van der Waals surface area contributed by atoms with Gasteiger partial charge in [0.2, 0.25) is 0 Å². The van der Waals surface area contributed by atoms with E-state index in [1.807, 2.05) is 30.3 Å². The van der Waals surface area contributed by atoms with Gasteiger partial charge in [0.1, 0.15) is 0 Å². The third-order valence-corrected chi connectivity index (χ3v) is 4.85. The second-order valence-corrected chi connectivity index (χ2v) is 6.03. The number of likely N-dealkylation sites (N-methyl/N-ethyl adjacent to an activating group) is 1. The van der Waals surface area contributed by atoms with Crippen LogP contribution in [0.2, 0.25) is 0 Å². The second-order valence-electron chi connectivity index (χ2n) is 6.03. The molecule has 3 heteroatoms. The summed E-state index contributed by atoms with van der Waals surface area (Å²) in [6.07, 6.45) is 3.56. The van der Waals surface area contributed by atoms with Crippen LogP contribution in [0.4, 0.5) is 0 Å². The van der Waals surface area contributed by atoms with Gasteiger partial charge in [-0.15, -0.1) is 0 Å². The van der Waals surface area contributed by atoms with E-state index in [0.29, 0.717) is 6.04 Å². The molecule has 0 saturated carbocycles. The normalized spacial score (nSPS) is 30.2. The molecule has 0 amide bonds. The van der Waals surface area contributed by atoms with Crippen molar-refractivity contribution in [1.29, 1.82) is 0 Å². The number of rotatable bonds is 3. The summed E-state index contributed by atoms with van der Waals surface area (Å²) in [6, 6.07) is 11.5. The molecule has 1 N–H and O–H groups in total. The fourth-order valence-corrected chi connectivity index (χ4v) is 3.57. The van der Waals surface area contributed by atoms with Gasteiger partial charge in [-0.25, -0.2) is 0 Å². The zero-order chi connectivity index (χ0) is 13.2. The van der Waals surface area contributed by atoms with Gasteiger partial charge in [0.05, 0.1) is 6.10 Å². The summed E-state index contributed by atoms with van der Waals surface area (Å²) < 4.78 is 0. The maximum Gasteiger partial charge on any atom is 0.0916 e. The largest absolute Gasteiger partial charge is 0.387 e. The van der Waals surface area contributed by atoms with E-state index in [1.54, 1.807) is 0 Å². The molecule has 2 aliphatic rings. The average Bonchev–Trinajstić information content (AvgIpc) is 2.68. The van der Waals surface area contributed by atoms with Crippen LogP contribution in [0, 0.1) is 0 Å². The lowest BCUT2D eigenvalue weighted by Gasteiger charge is -2.27. The molecule has 2 saturated heterocycles. The van der Waals surface area contributed by atoms with E-state index < -0.39 is 0 Å². The van der Waals surface area contributed by atoms with Crippen LogP contribution in [0.1, 0.15) is 30.9 Å². The molecule has 0 radical (unpaired) electrons. The summed E-state index contributed by atoms with van der Waals surface area (Å²) in [4.78, 5) is 4.99. The molecule has 3 rings (SSSR count). The first-order chi connectivity index (χ1) is 9.24. The van der Waals surface area contributed by atoms with Gasteiger partial charge >= 0.3 is 0 Å². The molecule has 1 aromatic rings. The van der Waals surface area contributed by atoms with E-state index in [0.717, 1.165) is 31.2 Å². The minimum absolute atomic E-state index is 0.358. The molecule has 1 aromatic carbocycles. The molecule has 3 atom stereocenters. The summed E-state index contributed by atoms with van der Waals surface area (Å²) in [7, 11) is 2.26. The van der Waals surface area contributed by atoms with Crippen molar-refractivity contribution in [2.75, 3.05) is 26.7 Å². The minimum Gasteiger partial charge on any atom is -0.387 e. The summed E-state index contributed by atoms with van der Waals surface area (Å²) in [5.41, 5.74) is 1.03. The molecule has 3 nitrogen and oxygen atoms in total. The van der Waals surface area contributed by atoms with Crippen molar-refractivity contribution >= 4 is 0 Å². The molecule has 0 aliphatic carbocycles. The third-order valence-electron chi connectivity index (χ3n) is 4.85. The number of fused-ring (bicyclic) bond motifs is 2. The topological polar surface area (TPSA) is 26.7 Å². The van der Waals surface area contributed by atoms with Crippen molar-refractivity contribution in [2.45, 2.75) is 37.5 Å². The first kappa shape index (κ1) is 13.1. The smallest absolute Gasteiger partial charge is 0.0916 e. The van der Waals surface area contributed by atoms with Crippen molar-refractivity contribution in [3.63, 3.8) is 0 Å². The number of aliphatic hydroxyl groups is 1. The van der Waals surface area contributed by atoms with Gasteiger partial charge in [-0.2, -0.15) is 0 Å². The number of nitrogens with zero attached hydrogens (tertiary/aromatic N) is 2. The number of hydrogen-bond acceptors (Lipinski definition) is 3. The SMILES string of the molecule is CN1C2CCC1CN(CC(O)c1ccccc1)CC2. The predicted octanol–water partition coefficient (Wildman–Crippen LogP) is 1.89. The fraction of sp³-hybridized carbons (Fsp3) is 0.625. The van der Waals surface area contributed by atoms with Gasteiger partial charge in [-0.05, 0) is 38.4 Å². The molecule has 19 heavy (non-hydrogen) atoms. The van der Waals surface area contributed by atoms with Crippen LogP contribution in [0.3, 0.4) is 0 Å². The first-order valence-corrected chi connectivity index (χ1v) is 7.41. The Hall–Kier alpha value is -0.900. The highest BCUT2D eigenvalue weighted by Gasteiger charge is 2.34. The van der Waals surface area contributed by atoms with Gasteiger partial charge in [0.25, 0.3) is 0 Å². The lowest BCUT2D eigenvalue weighted by Crippen LogP contribution is -2.38. The zero-order valence-corrected chi connectivity index (χ0v) is 11.7. The Morgan fingerprint density at radius 2 is 1.89 bits per heavy atom. The molecule has 0 aromatic heterocycles. The monoisotopic (exact) mass is 260 g/mol. The Kier molecular flexibility index (Phi) is 3.87. The quantitative estimate of drug-likeness (QED) is 0.899. The van der Waals surface area contributed by atoms with Crippen molar-refractivity contribution in [2.24, 2.45) is 0 Å². The van der Waals surface area contributed by atoms with Crippen molar-refractivity contribution in [3.05, 3.63) is 35.9 Å². The van der Waals surface area contributed by atoms with Crippen LogP contribution in [0.15, 0.2) is 30.3 Å². The molecule has 2 bridgehead atoms. The molecule has 2 fully saturated rings. The van der Waals surface area contributed by atoms with Crippen molar-refractivity contribution in [1.82, 2.24) is 9.80 Å². The highest BCUT2D eigenvalue weighted by atomic mass is 16.3.